The van der Waals surface area contributed by atoms with Crippen molar-refractivity contribution in [1.29, 1.82) is 0 Å². The summed E-state index contributed by atoms with van der Waals surface area (Å²) in [6, 6.07) is 15.5. The van der Waals surface area contributed by atoms with Crippen molar-refractivity contribution in [3.8, 4) is 0 Å². The van der Waals surface area contributed by atoms with Crippen molar-refractivity contribution in [1.82, 2.24) is 4.90 Å². The second-order valence-corrected chi connectivity index (χ2v) is 7.67. The number of benzene rings is 2. The van der Waals surface area contributed by atoms with Crippen molar-refractivity contribution in [2.75, 3.05) is 7.05 Å². The van der Waals surface area contributed by atoms with Gasteiger partial charge in [0.15, 0.2) is 0 Å². The zero-order chi connectivity index (χ0) is 17.0. The summed E-state index contributed by atoms with van der Waals surface area (Å²) in [5, 5.41) is 0.690. The molecule has 23 heavy (non-hydrogen) atoms. The molecule has 0 heterocycles. The van der Waals surface area contributed by atoms with Crippen LogP contribution < -0.4 is 0 Å². The zero-order valence-corrected chi connectivity index (χ0v) is 15.0. The third-order valence-electron chi connectivity index (χ3n) is 3.56. The summed E-state index contributed by atoms with van der Waals surface area (Å²) in [4.78, 5) is 14.4. The van der Waals surface area contributed by atoms with E-state index in [4.69, 9.17) is 11.6 Å². The molecule has 0 bridgehead atoms. The topological polar surface area (TPSA) is 20.3 Å². The van der Waals surface area contributed by atoms with Gasteiger partial charge in [0.2, 0.25) is 0 Å². The number of rotatable bonds is 4. The highest BCUT2D eigenvalue weighted by Crippen LogP contribution is 2.21. The minimum atomic E-state index is 0.0285. The van der Waals surface area contributed by atoms with E-state index in [0.29, 0.717) is 11.6 Å². The van der Waals surface area contributed by atoms with Crippen LogP contribution >= 0.6 is 11.6 Å². The SMILES string of the molecule is CN(Cc1cccc(Cl)c1)C(=O)c1cccc(CC(C)(C)C)c1. The Balaban J connectivity index is 2.11. The quantitative estimate of drug-likeness (QED) is 0.754. The van der Waals surface area contributed by atoms with Crippen molar-refractivity contribution in [2.24, 2.45) is 5.41 Å². The molecule has 3 heteroatoms. The first kappa shape index (κ1) is 17.6. The fourth-order valence-electron chi connectivity index (χ4n) is 2.63. The molecule has 2 aromatic carbocycles. The maximum atomic E-state index is 12.6. The number of carbonyl (C=O) groups is 1. The molecule has 0 saturated heterocycles. The van der Waals surface area contributed by atoms with E-state index in [-0.39, 0.29) is 11.3 Å². The molecule has 2 aromatic rings. The predicted molar refractivity (Wildman–Crippen MR) is 96.9 cm³/mol. The molecule has 0 aromatic heterocycles. The lowest BCUT2D eigenvalue weighted by atomic mass is 9.87. The van der Waals surface area contributed by atoms with E-state index in [0.717, 1.165) is 17.5 Å². The zero-order valence-electron chi connectivity index (χ0n) is 14.3. The monoisotopic (exact) mass is 329 g/mol. The van der Waals surface area contributed by atoms with Crippen LogP contribution in [-0.4, -0.2) is 17.9 Å². The largest absolute Gasteiger partial charge is 0.337 e. The Bertz CT molecular complexity index is 688. The Morgan fingerprint density at radius 3 is 2.35 bits per heavy atom. The summed E-state index contributed by atoms with van der Waals surface area (Å²) in [5.41, 5.74) is 3.16. The van der Waals surface area contributed by atoms with Crippen molar-refractivity contribution < 1.29 is 4.79 Å². The summed E-state index contributed by atoms with van der Waals surface area (Å²) in [5.74, 6) is 0.0285. The molecule has 0 aliphatic carbocycles. The molecular weight excluding hydrogens is 306 g/mol. The van der Waals surface area contributed by atoms with Crippen LogP contribution in [0.2, 0.25) is 5.02 Å². The van der Waals surface area contributed by atoms with Crippen molar-refractivity contribution in [2.45, 2.75) is 33.7 Å². The van der Waals surface area contributed by atoms with Crippen LogP contribution in [0.15, 0.2) is 48.5 Å². The van der Waals surface area contributed by atoms with E-state index in [1.807, 2.05) is 49.5 Å². The van der Waals surface area contributed by atoms with Crippen molar-refractivity contribution in [3.63, 3.8) is 0 Å². The van der Waals surface area contributed by atoms with Gasteiger partial charge in [0, 0.05) is 24.2 Å². The number of carbonyl (C=O) groups excluding carboxylic acids is 1. The highest BCUT2D eigenvalue weighted by molar-refractivity contribution is 6.30. The Hall–Kier alpha value is -1.80. The maximum Gasteiger partial charge on any atom is 0.253 e. The molecule has 122 valence electrons. The number of amides is 1. The highest BCUT2D eigenvalue weighted by atomic mass is 35.5. The Morgan fingerprint density at radius 1 is 1.04 bits per heavy atom. The molecule has 0 N–H and O–H groups in total. The third-order valence-corrected chi connectivity index (χ3v) is 3.80. The highest BCUT2D eigenvalue weighted by Gasteiger charge is 2.15. The molecule has 2 nitrogen and oxygen atoms in total. The molecule has 0 unspecified atom stereocenters. The van der Waals surface area contributed by atoms with Gasteiger partial charge < -0.3 is 4.90 Å². The number of halogens is 1. The van der Waals surface area contributed by atoms with E-state index < -0.39 is 0 Å². The molecule has 1 amide bonds. The Morgan fingerprint density at radius 2 is 1.70 bits per heavy atom. The van der Waals surface area contributed by atoms with E-state index in [1.165, 1.54) is 5.56 Å². The Labute approximate surface area is 144 Å². The van der Waals surface area contributed by atoms with E-state index in [9.17, 15) is 4.79 Å². The van der Waals surface area contributed by atoms with Crippen LogP contribution in [0.1, 0.15) is 42.3 Å². The molecule has 0 fully saturated rings. The Kier molecular flexibility index (Phi) is 5.48. The van der Waals surface area contributed by atoms with Gasteiger partial charge in [-0.25, -0.2) is 0 Å². The second-order valence-electron chi connectivity index (χ2n) is 7.23. The van der Waals surface area contributed by atoms with Gasteiger partial charge in [-0.1, -0.05) is 56.6 Å². The number of hydrogen-bond acceptors (Lipinski definition) is 1. The summed E-state index contributed by atoms with van der Waals surface area (Å²) in [7, 11) is 1.82. The average Bonchev–Trinajstić information content (AvgIpc) is 2.45. The van der Waals surface area contributed by atoms with E-state index >= 15 is 0 Å². The first-order valence-corrected chi connectivity index (χ1v) is 8.21. The first-order chi connectivity index (χ1) is 10.7. The standard InChI is InChI=1S/C20H24ClNO/c1-20(2,3)13-15-7-5-9-17(11-15)19(23)22(4)14-16-8-6-10-18(21)12-16/h5-12H,13-14H2,1-4H3. The van der Waals surface area contributed by atoms with Crippen LogP contribution in [0.3, 0.4) is 0 Å². The summed E-state index contributed by atoms with van der Waals surface area (Å²) in [6.07, 6.45) is 0.951. The fraction of sp³-hybridized carbons (Fsp3) is 0.350. The summed E-state index contributed by atoms with van der Waals surface area (Å²) >= 11 is 6.00. The van der Waals surface area contributed by atoms with Gasteiger partial charge in [0.25, 0.3) is 5.91 Å². The molecule has 0 radical (unpaired) electrons. The van der Waals surface area contributed by atoms with Crippen molar-refractivity contribution >= 4 is 17.5 Å². The van der Waals surface area contributed by atoms with Gasteiger partial charge in [-0.2, -0.15) is 0 Å². The van der Waals surface area contributed by atoms with Gasteiger partial charge in [0.05, 0.1) is 0 Å². The van der Waals surface area contributed by atoms with Gasteiger partial charge in [-0.05, 0) is 47.2 Å². The normalized spacial score (nSPS) is 11.3. The lowest BCUT2D eigenvalue weighted by Crippen LogP contribution is -2.26. The van der Waals surface area contributed by atoms with Crippen LogP contribution in [0.4, 0.5) is 0 Å². The second kappa shape index (κ2) is 7.18. The number of hydrogen-bond donors (Lipinski definition) is 0. The number of nitrogens with zero attached hydrogens (tertiary/aromatic N) is 1. The molecule has 0 spiro atoms. The van der Waals surface area contributed by atoms with Gasteiger partial charge in [-0.15, -0.1) is 0 Å². The fourth-order valence-corrected chi connectivity index (χ4v) is 2.84. The predicted octanol–water partition coefficient (Wildman–Crippen LogP) is 5.20. The van der Waals surface area contributed by atoms with Gasteiger partial charge >= 0.3 is 0 Å². The van der Waals surface area contributed by atoms with Crippen LogP contribution in [0.5, 0.6) is 0 Å². The molecule has 0 aliphatic heterocycles. The molecular formula is C20H24ClNO. The molecule has 2 rings (SSSR count). The minimum Gasteiger partial charge on any atom is -0.337 e. The van der Waals surface area contributed by atoms with Gasteiger partial charge in [0.1, 0.15) is 0 Å². The lowest BCUT2D eigenvalue weighted by molar-refractivity contribution is 0.0785. The van der Waals surface area contributed by atoms with E-state index in [2.05, 4.69) is 26.8 Å². The third kappa shape index (κ3) is 5.40. The smallest absolute Gasteiger partial charge is 0.253 e. The summed E-state index contributed by atoms with van der Waals surface area (Å²) in [6.45, 7) is 7.15. The van der Waals surface area contributed by atoms with Crippen LogP contribution in [-0.2, 0) is 13.0 Å². The summed E-state index contributed by atoms with van der Waals surface area (Å²) < 4.78 is 0. The van der Waals surface area contributed by atoms with Gasteiger partial charge in [-0.3, -0.25) is 4.79 Å². The van der Waals surface area contributed by atoms with E-state index in [1.54, 1.807) is 4.90 Å². The van der Waals surface area contributed by atoms with Crippen molar-refractivity contribution in [3.05, 3.63) is 70.2 Å². The molecule has 0 atom stereocenters. The lowest BCUT2D eigenvalue weighted by Gasteiger charge is -2.20. The average molecular weight is 330 g/mol. The molecule has 0 aliphatic rings. The minimum absolute atomic E-state index is 0.0285. The maximum absolute atomic E-state index is 12.6. The van der Waals surface area contributed by atoms with Crippen LogP contribution in [0.25, 0.3) is 0 Å². The molecule has 0 saturated carbocycles. The van der Waals surface area contributed by atoms with Crippen LogP contribution in [0, 0.1) is 5.41 Å². The first-order valence-electron chi connectivity index (χ1n) is 7.83.